The molecule has 0 aliphatic carbocycles. The molecule has 0 bridgehead atoms. The molecule has 84 valence electrons. The summed E-state index contributed by atoms with van der Waals surface area (Å²) in [5.41, 5.74) is 4.40. The molecule has 4 nitrogen and oxygen atoms in total. The molecule has 2 rings (SSSR count). The van der Waals surface area contributed by atoms with E-state index < -0.39 is 0 Å². The second-order valence-corrected chi connectivity index (χ2v) is 3.58. The molecule has 1 aromatic heterocycles. The van der Waals surface area contributed by atoms with E-state index in [1.807, 2.05) is 6.92 Å². The lowest BCUT2D eigenvalue weighted by atomic mass is 10.0. The molecule has 0 fully saturated rings. The molecule has 0 spiro atoms. The SMILES string of the molecule is Cc1cc(F)ccc1C(NN)c1ncc[nH]1. The number of nitrogens with zero attached hydrogens (tertiary/aromatic N) is 1. The molecule has 0 aliphatic rings. The number of rotatable bonds is 3. The number of aromatic nitrogens is 2. The van der Waals surface area contributed by atoms with Gasteiger partial charge in [0, 0.05) is 12.4 Å². The highest BCUT2D eigenvalue weighted by molar-refractivity contribution is 5.32. The standard InChI is InChI=1S/C11H13FN4/c1-7-6-8(12)2-3-9(7)10(16-13)11-14-4-5-15-11/h2-6,10,16H,13H2,1H3,(H,14,15). The zero-order chi connectivity index (χ0) is 11.5. The van der Waals surface area contributed by atoms with Crippen molar-refractivity contribution in [1.29, 1.82) is 0 Å². The van der Waals surface area contributed by atoms with Gasteiger partial charge in [-0.15, -0.1) is 0 Å². The van der Waals surface area contributed by atoms with Crippen molar-refractivity contribution in [3.05, 3.63) is 53.4 Å². The van der Waals surface area contributed by atoms with Gasteiger partial charge in [0.1, 0.15) is 17.7 Å². The normalized spacial score (nSPS) is 12.7. The van der Waals surface area contributed by atoms with E-state index in [4.69, 9.17) is 5.84 Å². The van der Waals surface area contributed by atoms with Crippen LogP contribution in [0.1, 0.15) is 23.0 Å². The van der Waals surface area contributed by atoms with E-state index in [0.717, 1.165) is 11.1 Å². The van der Waals surface area contributed by atoms with Crippen LogP contribution in [-0.4, -0.2) is 9.97 Å². The van der Waals surface area contributed by atoms with Gasteiger partial charge in [0.25, 0.3) is 0 Å². The topological polar surface area (TPSA) is 66.7 Å². The summed E-state index contributed by atoms with van der Waals surface area (Å²) in [6.45, 7) is 1.84. The fraction of sp³-hybridized carbons (Fsp3) is 0.182. The third-order valence-electron chi connectivity index (χ3n) is 2.50. The van der Waals surface area contributed by atoms with Gasteiger partial charge in [0.05, 0.1) is 0 Å². The predicted octanol–water partition coefficient (Wildman–Crippen LogP) is 1.41. The molecule has 0 saturated heterocycles. The van der Waals surface area contributed by atoms with E-state index in [2.05, 4.69) is 15.4 Å². The van der Waals surface area contributed by atoms with E-state index in [1.165, 1.54) is 12.1 Å². The van der Waals surface area contributed by atoms with Crippen LogP contribution in [0.4, 0.5) is 4.39 Å². The molecule has 1 aromatic carbocycles. The molecule has 0 radical (unpaired) electrons. The van der Waals surface area contributed by atoms with Gasteiger partial charge in [0.2, 0.25) is 0 Å². The smallest absolute Gasteiger partial charge is 0.129 e. The molecule has 5 heteroatoms. The Morgan fingerprint density at radius 2 is 2.31 bits per heavy atom. The number of H-pyrrole nitrogens is 1. The van der Waals surface area contributed by atoms with E-state index in [0.29, 0.717) is 5.82 Å². The molecule has 0 amide bonds. The average Bonchev–Trinajstić information content (AvgIpc) is 2.75. The number of halogens is 1. The summed E-state index contributed by atoms with van der Waals surface area (Å²) in [6.07, 6.45) is 3.37. The molecule has 2 aromatic rings. The average molecular weight is 220 g/mol. The maximum Gasteiger partial charge on any atom is 0.129 e. The summed E-state index contributed by atoms with van der Waals surface area (Å²) >= 11 is 0. The van der Waals surface area contributed by atoms with Crippen LogP contribution in [0.25, 0.3) is 0 Å². The monoisotopic (exact) mass is 220 g/mol. The van der Waals surface area contributed by atoms with Gasteiger partial charge in [-0.05, 0) is 30.2 Å². The molecule has 0 saturated carbocycles. The number of nitrogens with one attached hydrogen (secondary N) is 2. The lowest BCUT2D eigenvalue weighted by Gasteiger charge is -2.16. The fourth-order valence-corrected chi connectivity index (χ4v) is 1.71. The summed E-state index contributed by atoms with van der Waals surface area (Å²) in [5.74, 6) is 5.95. The Kier molecular flexibility index (Phi) is 2.98. The molecule has 1 atom stereocenters. The third kappa shape index (κ3) is 1.95. The van der Waals surface area contributed by atoms with Crippen LogP contribution in [-0.2, 0) is 0 Å². The maximum atomic E-state index is 13.0. The molecular formula is C11H13FN4. The number of benzene rings is 1. The quantitative estimate of drug-likeness (QED) is 0.541. The summed E-state index contributed by atoms with van der Waals surface area (Å²) in [7, 11) is 0. The lowest BCUT2D eigenvalue weighted by molar-refractivity contribution is 0.595. The number of aromatic amines is 1. The number of nitrogens with two attached hydrogens (primary N) is 1. The Bertz CT molecular complexity index is 467. The summed E-state index contributed by atoms with van der Waals surface area (Å²) < 4.78 is 13.0. The maximum absolute atomic E-state index is 13.0. The molecule has 1 heterocycles. The number of aryl methyl sites for hydroxylation is 1. The van der Waals surface area contributed by atoms with Gasteiger partial charge in [-0.3, -0.25) is 5.84 Å². The highest BCUT2D eigenvalue weighted by Gasteiger charge is 2.16. The molecule has 1 unspecified atom stereocenters. The lowest BCUT2D eigenvalue weighted by Crippen LogP contribution is -2.30. The van der Waals surface area contributed by atoms with E-state index in [-0.39, 0.29) is 11.9 Å². The number of hydrazine groups is 1. The van der Waals surface area contributed by atoms with Crippen LogP contribution < -0.4 is 11.3 Å². The van der Waals surface area contributed by atoms with Crippen LogP contribution in [0, 0.1) is 12.7 Å². The van der Waals surface area contributed by atoms with Crippen LogP contribution in [0.5, 0.6) is 0 Å². The molecule has 4 N–H and O–H groups in total. The number of hydrogen-bond acceptors (Lipinski definition) is 3. The first kappa shape index (κ1) is 10.8. The third-order valence-corrected chi connectivity index (χ3v) is 2.50. The summed E-state index contributed by atoms with van der Waals surface area (Å²) in [5, 5.41) is 0. The Balaban J connectivity index is 2.41. The Labute approximate surface area is 92.7 Å². The van der Waals surface area contributed by atoms with E-state index in [9.17, 15) is 4.39 Å². The second-order valence-electron chi connectivity index (χ2n) is 3.58. The van der Waals surface area contributed by atoms with Crippen LogP contribution in [0.15, 0.2) is 30.6 Å². The van der Waals surface area contributed by atoms with Crippen molar-refractivity contribution in [2.45, 2.75) is 13.0 Å². The van der Waals surface area contributed by atoms with E-state index in [1.54, 1.807) is 18.5 Å². The van der Waals surface area contributed by atoms with Crippen LogP contribution in [0.2, 0.25) is 0 Å². The second kappa shape index (κ2) is 4.42. The number of hydrogen-bond donors (Lipinski definition) is 3. The van der Waals surface area contributed by atoms with Crippen molar-refractivity contribution in [3.63, 3.8) is 0 Å². The molecule has 16 heavy (non-hydrogen) atoms. The fourth-order valence-electron chi connectivity index (χ4n) is 1.71. The van der Waals surface area contributed by atoms with Crippen LogP contribution >= 0.6 is 0 Å². The van der Waals surface area contributed by atoms with Gasteiger partial charge in [0.15, 0.2) is 0 Å². The van der Waals surface area contributed by atoms with Crippen molar-refractivity contribution in [3.8, 4) is 0 Å². The minimum Gasteiger partial charge on any atom is -0.347 e. The van der Waals surface area contributed by atoms with Crippen molar-refractivity contribution in [2.75, 3.05) is 0 Å². The first-order valence-corrected chi connectivity index (χ1v) is 4.94. The highest BCUT2D eigenvalue weighted by Crippen LogP contribution is 2.22. The number of imidazole rings is 1. The summed E-state index contributed by atoms with van der Waals surface area (Å²) in [6, 6.07) is 4.34. The van der Waals surface area contributed by atoms with Crippen molar-refractivity contribution >= 4 is 0 Å². The zero-order valence-electron chi connectivity index (χ0n) is 8.87. The van der Waals surface area contributed by atoms with Crippen molar-refractivity contribution < 1.29 is 4.39 Å². The Hall–Kier alpha value is -1.72. The highest BCUT2D eigenvalue weighted by atomic mass is 19.1. The van der Waals surface area contributed by atoms with Gasteiger partial charge in [-0.1, -0.05) is 6.07 Å². The predicted molar refractivity (Wildman–Crippen MR) is 58.9 cm³/mol. The van der Waals surface area contributed by atoms with Crippen molar-refractivity contribution in [1.82, 2.24) is 15.4 Å². The first-order chi connectivity index (χ1) is 7.72. The Morgan fingerprint density at radius 1 is 1.50 bits per heavy atom. The minimum absolute atomic E-state index is 0.253. The molecule has 0 aliphatic heterocycles. The van der Waals surface area contributed by atoms with Gasteiger partial charge >= 0.3 is 0 Å². The minimum atomic E-state index is -0.254. The summed E-state index contributed by atoms with van der Waals surface area (Å²) in [4.78, 5) is 7.12. The Morgan fingerprint density at radius 3 is 2.88 bits per heavy atom. The van der Waals surface area contributed by atoms with Crippen LogP contribution in [0.3, 0.4) is 0 Å². The van der Waals surface area contributed by atoms with Gasteiger partial charge < -0.3 is 4.98 Å². The zero-order valence-corrected chi connectivity index (χ0v) is 8.87. The van der Waals surface area contributed by atoms with Gasteiger partial charge in [-0.25, -0.2) is 14.8 Å². The van der Waals surface area contributed by atoms with Gasteiger partial charge in [-0.2, -0.15) is 0 Å². The van der Waals surface area contributed by atoms with Crippen molar-refractivity contribution in [2.24, 2.45) is 5.84 Å². The largest absolute Gasteiger partial charge is 0.347 e. The van der Waals surface area contributed by atoms with E-state index >= 15 is 0 Å². The molecular weight excluding hydrogens is 207 g/mol. The first-order valence-electron chi connectivity index (χ1n) is 4.94.